The minimum atomic E-state index is -0.0666. The van der Waals surface area contributed by atoms with E-state index in [1.165, 1.54) is 0 Å². The largest absolute Gasteiger partial charge is 0.466 e. The van der Waals surface area contributed by atoms with Crippen LogP contribution in [0.25, 0.3) is 0 Å². The number of hydrogen-bond donors (Lipinski definition) is 1. The summed E-state index contributed by atoms with van der Waals surface area (Å²) in [5.74, 6) is -0.0722. The second kappa shape index (κ2) is 6.50. The van der Waals surface area contributed by atoms with Crippen LogP contribution in [0.15, 0.2) is 0 Å². The minimum Gasteiger partial charge on any atom is -0.466 e. The first kappa shape index (κ1) is 13.8. The van der Waals surface area contributed by atoms with Gasteiger partial charge < -0.3 is 10.1 Å². The van der Waals surface area contributed by atoms with Crippen molar-refractivity contribution in [2.75, 3.05) is 52.4 Å². The molecule has 2 rings (SSSR count). The molecule has 104 valence electrons. The number of carbonyl (C=O) groups is 1. The number of nitrogens with one attached hydrogen (secondary N) is 1. The summed E-state index contributed by atoms with van der Waals surface area (Å²) < 4.78 is 5.03. The van der Waals surface area contributed by atoms with Gasteiger partial charge in [-0.05, 0) is 6.92 Å². The normalized spacial score (nSPS) is 24.6. The first-order valence-corrected chi connectivity index (χ1v) is 7.04. The SMILES string of the molecule is CCOC(=O)C(C)CN1CC(N2CCNCC2)C1. The lowest BCUT2D eigenvalue weighted by Gasteiger charge is -2.47. The number of rotatable bonds is 5. The Labute approximate surface area is 109 Å². The number of esters is 1. The molecule has 0 radical (unpaired) electrons. The maximum absolute atomic E-state index is 11.5. The molecular weight excluding hydrogens is 230 g/mol. The van der Waals surface area contributed by atoms with E-state index in [1.807, 2.05) is 13.8 Å². The summed E-state index contributed by atoms with van der Waals surface area (Å²) in [5, 5.41) is 3.37. The highest BCUT2D eigenvalue weighted by atomic mass is 16.5. The fraction of sp³-hybridized carbons (Fsp3) is 0.923. The lowest BCUT2D eigenvalue weighted by atomic mass is 10.0. The number of hydrogen-bond acceptors (Lipinski definition) is 5. The Bertz CT molecular complexity index is 273. The average molecular weight is 255 g/mol. The number of piperazine rings is 1. The van der Waals surface area contributed by atoms with Crippen molar-refractivity contribution in [3.63, 3.8) is 0 Å². The summed E-state index contributed by atoms with van der Waals surface area (Å²) in [6.07, 6.45) is 0. The van der Waals surface area contributed by atoms with Gasteiger partial charge in [-0.15, -0.1) is 0 Å². The van der Waals surface area contributed by atoms with Crippen molar-refractivity contribution in [3.05, 3.63) is 0 Å². The summed E-state index contributed by atoms with van der Waals surface area (Å²) in [6.45, 7) is 11.9. The van der Waals surface area contributed by atoms with Crippen molar-refractivity contribution >= 4 is 5.97 Å². The molecule has 1 unspecified atom stereocenters. The van der Waals surface area contributed by atoms with Crippen molar-refractivity contribution in [2.45, 2.75) is 19.9 Å². The molecule has 2 fully saturated rings. The maximum Gasteiger partial charge on any atom is 0.309 e. The number of ether oxygens (including phenoxy) is 1. The van der Waals surface area contributed by atoms with E-state index in [2.05, 4.69) is 15.1 Å². The van der Waals surface area contributed by atoms with E-state index in [0.717, 1.165) is 45.8 Å². The topological polar surface area (TPSA) is 44.8 Å². The molecule has 0 aromatic carbocycles. The molecule has 0 aromatic heterocycles. The van der Waals surface area contributed by atoms with Crippen LogP contribution >= 0.6 is 0 Å². The average Bonchev–Trinajstić information content (AvgIpc) is 2.34. The van der Waals surface area contributed by atoms with Gasteiger partial charge in [0.2, 0.25) is 0 Å². The van der Waals surface area contributed by atoms with Gasteiger partial charge in [0.05, 0.1) is 12.5 Å². The first-order chi connectivity index (χ1) is 8.70. The maximum atomic E-state index is 11.5. The third-order valence-corrected chi connectivity index (χ3v) is 3.83. The van der Waals surface area contributed by atoms with Gasteiger partial charge in [-0.1, -0.05) is 6.92 Å². The van der Waals surface area contributed by atoms with Crippen LogP contribution in [0, 0.1) is 5.92 Å². The fourth-order valence-corrected chi connectivity index (χ4v) is 2.72. The highest BCUT2D eigenvalue weighted by Gasteiger charge is 2.33. The quantitative estimate of drug-likeness (QED) is 0.688. The van der Waals surface area contributed by atoms with Crippen LogP contribution in [0.3, 0.4) is 0 Å². The van der Waals surface area contributed by atoms with Gasteiger partial charge in [-0.2, -0.15) is 0 Å². The lowest BCUT2D eigenvalue weighted by molar-refractivity contribution is -0.148. The molecule has 18 heavy (non-hydrogen) atoms. The Kier molecular flexibility index (Phi) is 4.97. The molecule has 5 nitrogen and oxygen atoms in total. The molecule has 2 aliphatic heterocycles. The Hall–Kier alpha value is -0.650. The van der Waals surface area contributed by atoms with Crippen molar-refractivity contribution in [1.82, 2.24) is 15.1 Å². The third-order valence-electron chi connectivity index (χ3n) is 3.83. The molecule has 5 heteroatoms. The third kappa shape index (κ3) is 3.43. The zero-order chi connectivity index (χ0) is 13.0. The number of likely N-dealkylation sites (tertiary alicyclic amines) is 1. The number of carbonyl (C=O) groups excluding carboxylic acids is 1. The Balaban J connectivity index is 1.64. The van der Waals surface area contributed by atoms with Crippen LogP contribution < -0.4 is 5.32 Å². The highest BCUT2D eigenvalue weighted by Crippen LogP contribution is 2.17. The summed E-state index contributed by atoms with van der Waals surface area (Å²) in [6, 6.07) is 0.696. The predicted molar refractivity (Wildman–Crippen MR) is 70.5 cm³/mol. The van der Waals surface area contributed by atoms with E-state index in [4.69, 9.17) is 4.74 Å². The van der Waals surface area contributed by atoms with Gasteiger partial charge in [-0.3, -0.25) is 14.6 Å². The van der Waals surface area contributed by atoms with Crippen LogP contribution in [0.1, 0.15) is 13.8 Å². The summed E-state index contributed by atoms with van der Waals surface area (Å²) in [5.41, 5.74) is 0. The summed E-state index contributed by atoms with van der Waals surface area (Å²) in [7, 11) is 0. The molecule has 2 heterocycles. The van der Waals surface area contributed by atoms with E-state index in [1.54, 1.807) is 0 Å². The second-order valence-electron chi connectivity index (χ2n) is 5.31. The second-order valence-corrected chi connectivity index (χ2v) is 5.31. The molecule has 2 aliphatic rings. The van der Waals surface area contributed by atoms with Gasteiger partial charge in [0.1, 0.15) is 0 Å². The van der Waals surface area contributed by atoms with E-state index in [-0.39, 0.29) is 11.9 Å². The molecule has 1 atom stereocenters. The van der Waals surface area contributed by atoms with Crippen molar-refractivity contribution < 1.29 is 9.53 Å². The molecule has 0 aromatic rings. The van der Waals surface area contributed by atoms with E-state index < -0.39 is 0 Å². The fourth-order valence-electron chi connectivity index (χ4n) is 2.72. The Morgan fingerprint density at radius 3 is 2.67 bits per heavy atom. The van der Waals surface area contributed by atoms with Crippen LogP contribution in [-0.2, 0) is 9.53 Å². The van der Waals surface area contributed by atoms with Crippen molar-refractivity contribution in [3.8, 4) is 0 Å². The van der Waals surface area contributed by atoms with Gasteiger partial charge in [0.15, 0.2) is 0 Å². The predicted octanol–water partition coefficient (Wildman–Crippen LogP) is -0.225. The minimum absolute atomic E-state index is 0.00563. The van der Waals surface area contributed by atoms with Crippen LogP contribution in [-0.4, -0.2) is 74.2 Å². The highest BCUT2D eigenvalue weighted by molar-refractivity contribution is 5.72. The molecule has 0 saturated carbocycles. The molecule has 0 amide bonds. The Morgan fingerprint density at radius 2 is 2.06 bits per heavy atom. The summed E-state index contributed by atoms with van der Waals surface area (Å²) in [4.78, 5) is 16.4. The molecule has 0 bridgehead atoms. The Morgan fingerprint density at radius 1 is 1.39 bits per heavy atom. The smallest absolute Gasteiger partial charge is 0.309 e. The van der Waals surface area contributed by atoms with E-state index in [0.29, 0.717) is 12.6 Å². The van der Waals surface area contributed by atoms with E-state index >= 15 is 0 Å². The van der Waals surface area contributed by atoms with Crippen LogP contribution in [0.5, 0.6) is 0 Å². The van der Waals surface area contributed by atoms with Gasteiger partial charge in [-0.25, -0.2) is 0 Å². The molecule has 0 aliphatic carbocycles. The zero-order valence-corrected chi connectivity index (χ0v) is 11.5. The standard InChI is InChI=1S/C13H25N3O2/c1-3-18-13(17)11(2)8-15-9-12(10-15)16-6-4-14-5-7-16/h11-12,14H,3-10H2,1-2H3. The number of nitrogens with zero attached hydrogens (tertiary/aromatic N) is 2. The molecular formula is C13H25N3O2. The van der Waals surface area contributed by atoms with Crippen LogP contribution in [0.2, 0.25) is 0 Å². The van der Waals surface area contributed by atoms with Gasteiger partial charge in [0.25, 0.3) is 0 Å². The van der Waals surface area contributed by atoms with Crippen molar-refractivity contribution in [1.29, 1.82) is 0 Å². The van der Waals surface area contributed by atoms with Crippen LogP contribution in [0.4, 0.5) is 0 Å². The molecule has 1 N–H and O–H groups in total. The molecule has 0 spiro atoms. The zero-order valence-electron chi connectivity index (χ0n) is 11.5. The first-order valence-electron chi connectivity index (χ1n) is 7.04. The lowest BCUT2D eigenvalue weighted by Crippen LogP contribution is -2.63. The van der Waals surface area contributed by atoms with Gasteiger partial charge in [0, 0.05) is 51.9 Å². The van der Waals surface area contributed by atoms with Crippen molar-refractivity contribution in [2.24, 2.45) is 5.92 Å². The molecule has 2 saturated heterocycles. The van der Waals surface area contributed by atoms with Gasteiger partial charge >= 0.3 is 5.97 Å². The van der Waals surface area contributed by atoms with E-state index in [9.17, 15) is 4.79 Å². The summed E-state index contributed by atoms with van der Waals surface area (Å²) >= 11 is 0. The monoisotopic (exact) mass is 255 g/mol.